The number of carbonyl (C=O) groups excluding carboxylic acids is 1. The van der Waals surface area contributed by atoms with Crippen LogP contribution in [0.3, 0.4) is 0 Å². The molecular weight excluding hydrogens is 366 g/mol. The van der Waals surface area contributed by atoms with E-state index in [1.54, 1.807) is 0 Å². The maximum atomic E-state index is 12.5. The van der Waals surface area contributed by atoms with Crippen molar-refractivity contribution in [2.45, 2.75) is 32.6 Å². The summed E-state index contributed by atoms with van der Waals surface area (Å²) in [4.78, 5) is 14.5. The van der Waals surface area contributed by atoms with Crippen LogP contribution < -0.4 is 9.64 Å². The second kappa shape index (κ2) is 7.84. The van der Waals surface area contributed by atoms with E-state index in [0.717, 1.165) is 41.7 Å². The lowest BCUT2D eigenvalue weighted by Gasteiger charge is -2.29. The molecule has 0 saturated heterocycles. The third kappa shape index (κ3) is 3.99. The maximum Gasteiger partial charge on any atom is 0.227 e. The monoisotopic (exact) mass is 387 g/mol. The molecule has 0 radical (unpaired) electrons. The summed E-state index contributed by atoms with van der Waals surface area (Å²) in [6.07, 6.45) is 3.33. The van der Waals surface area contributed by atoms with Gasteiger partial charge in [-0.05, 0) is 71.4 Å². The van der Waals surface area contributed by atoms with E-state index in [1.807, 2.05) is 48.2 Å². The Morgan fingerprint density at radius 1 is 1.25 bits per heavy atom. The number of aryl methyl sites for hydroxylation is 2. The minimum absolute atomic E-state index is 0.189. The van der Waals surface area contributed by atoms with Gasteiger partial charge < -0.3 is 9.64 Å². The third-order valence-electron chi connectivity index (χ3n) is 4.29. The quantitative estimate of drug-likeness (QED) is 0.683. The molecule has 0 spiro atoms. The Kier molecular flexibility index (Phi) is 5.56. The van der Waals surface area contributed by atoms with Gasteiger partial charge in [-0.2, -0.15) is 0 Å². The zero-order valence-electron chi connectivity index (χ0n) is 13.9. The summed E-state index contributed by atoms with van der Waals surface area (Å²) in [5, 5.41) is 0. The molecule has 1 aliphatic rings. The van der Waals surface area contributed by atoms with Gasteiger partial charge in [-0.25, -0.2) is 0 Å². The number of hydrogen-bond acceptors (Lipinski definition) is 2. The summed E-state index contributed by atoms with van der Waals surface area (Å²) in [6.45, 7) is 3.41. The zero-order chi connectivity index (χ0) is 16.9. The summed E-state index contributed by atoms with van der Waals surface area (Å²) in [7, 11) is 0. The van der Waals surface area contributed by atoms with Crippen molar-refractivity contribution in [3.63, 3.8) is 0 Å². The molecule has 0 aliphatic carbocycles. The Labute approximate surface area is 151 Å². The highest BCUT2D eigenvalue weighted by Gasteiger charge is 2.21. The predicted molar refractivity (Wildman–Crippen MR) is 101 cm³/mol. The molecule has 0 unspecified atom stereocenters. The van der Waals surface area contributed by atoms with Gasteiger partial charge in [0.25, 0.3) is 0 Å². The van der Waals surface area contributed by atoms with Gasteiger partial charge in [0.2, 0.25) is 5.91 Å². The van der Waals surface area contributed by atoms with Crippen molar-refractivity contribution < 1.29 is 9.53 Å². The Balaban J connectivity index is 1.51. The highest BCUT2D eigenvalue weighted by Crippen LogP contribution is 2.28. The molecule has 0 saturated carbocycles. The van der Waals surface area contributed by atoms with E-state index >= 15 is 0 Å². The van der Waals surface area contributed by atoms with Crippen molar-refractivity contribution in [2.24, 2.45) is 0 Å². The molecule has 1 aliphatic heterocycles. The molecular formula is C20H22BrNO2. The van der Waals surface area contributed by atoms with E-state index in [4.69, 9.17) is 4.74 Å². The van der Waals surface area contributed by atoms with Gasteiger partial charge in [-0.15, -0.1) is 0 Å². The van der Waals surface area contributed by atoms with Crippen molar-refractivity contribution in [3.05, 3.63) is 58.1 Å². The number of halogens is 1. The molecule has 0 bridgehead atoms. The number of amides is 1. The molecule has 2 aromatic rings. The van der Waals surface area contributed by atoms with Crippen LogP contribution in [0, 0.1) is 6.92 Å². The van der Waals surface area contributed by atoms with Crippen LogP contribution in [-0.4, -0.2) is 19.1 Å². The highest BCUT2D eigenvalue weighted by atomic mass is 79.9. The standard InChI is InChI=1S/C20H22BrNO2/c1-15-10-11-19(17(21)14-15)24-13-5-9-20(23)22-12-4-7-16-6-2-3-8-18(16)22/h2-3,6,8,10-11,14H,4-5,7,9,12-13H2,1H3. The normalized spacial score (nSPS) is 13.5. The molecule has 0 fully saturated rings. The van der Waals surface area contributed by atoms with Crippen molar-refractivity contribution in [2.75, 3.05) is 18.1 Å². The van der Waals surface area contributed by atoms with Crippen molar-refractivity contribution in [3.8, 4) is 5.75 Å². The average molecular weight is 388 g/mol. The molecule has 2 aromatic carbocycles. The molecule has 0 atom stereocenters. The Hall–Kier alpha value is -1.81. The van der Waals surface area contributed by atoms with Gasteiger partial charge in [0.1, 0.15) is 5.75 Å². The second-order valence-electron chi connectivity index (χ2n) is 6.16. The van der Waals surface area contributed by atoms with Gasteiger partial charge in [0, 0.05) is 18.7 Å². The Morgan fingerprint density at radius 2 is 2.08 bits per heavy atom. The molecule has 1 heterocycles. The van der Waals surface area contributed by atoms with Crippen LogP contribution in [0.4, 0.5) is 5.69 Å². The van der Waals surface area contributed by atoms with E-state index in [0.29, 0.717) is 13.0 Å². The molecule has 3 rings (SSSR count). The highest BCUT2D eigenvalue weighted by molar-refractivity contribution is 9.10. The fourth-order valence-corrected chi connectivity index (χ4v) is 3.66. The number of carbonyl (C=O) groups is 1. The van der Waals surface area contributed by atoms with Crippen LogP contribution in [0.25, 0.3) is 0 Å². The minimum atomic E-state index is 0.189. The summed E-state index contributed by atoms with van der Waals surface area (Å²) in [5.41, 5.74) is 3.54. The number of hydrogen-bond donors (Lipinski definition) is 0. The molecule has 4 heteroatoms. The lowest BCUT2D eigenvalue weighted by atomic mass is 10.0. The van der Waals surface area contributed by atoms with E-state index in [-0.39, 0.29) is 5.91 Å². The number of fused-ring (bicyclic) bond motifs is 1. The average Bonchev–Trinajstić information content (AvgIpc) is 2.59. The van der Waals surface area contributed by atoms with Crippen molar-refractivity contribution >= 4 is 27.5 Å². The number of benzene rings is 2. The van der Waals surface area contributed by atoms with Crippen LogP contribution in [0.15, 0.2) is 46.9 Å². The number of rotatable bonds is 5. The van der Waals surface area contributed by atoms with Crippen LogP contribution in [0.2, 0.25) is 0 Å². The number of para-hydroxylation sites is 1. The number of nitrogens with zero attached hydrogens (tertiary/aromatic N) is 1. The number of ether oxygens (including phenoxy) is 1. The van der Waals surface area contributed by atoms with E-state index in [2.05, 4.69) is 22.0 Å². The first kappa shape index (κ1) is 17.0. The largest absolute Gasteiger partial charge is 0.492 e. The predicted octanol–water partition coefficient (Wildman–Crippen LogP) is 4.90. The van der Waals surface area contributed by atoms with E-state index in [9.17, 15) is 4.79 Å². The Bertz CT molecular complexity index is 729. The van der Waals surface area contributed by atoms with E-state index in [1.165, 1.54) is 11.1 Å². The number of anilines is 1. The van der Waals surface area contributed by atoms with Crippen LogP contribution in [0.1, 0.15) is 30.4 Å². The summed E-state index contributed by atoms with van der Waals surface area (Å²) >= 11 is 3.51. The van der Waals surface area contributed by atoms with Crippen molar-refractivity contribution in [1.82, 2.24) is 0 Å². The molecule has 24 heavy (non-hydrogen) atoms. The fourth-order valence-electron chi connectivity index (χ4n) is 3.06. The first-order valence-electron chi connectivity index (χ1n) is 8.42. The van der Waals surface area contributed by atoms with Crippen LogP contribution in [-0.2, 0) is 11.2 Å². The molecule has 3 nitrogen and oxygen atoms in total. The third-order valence-corrected chi connectivity index (χ3v) is 4.91. The molecule has 0 N–H and O–H groups in total. The SMILES string of the molecule is Cc1ccc(OCCCC(=O)N2CCCc3ccccc32)c(Br)c1. The van der Waals surface area contributed by atoms with Gasteiger partial charge in [-0.1, -0.05) is 24.3 Å². The summed E-state index contributed by atoms with van der Waals surface area (Å²) in [5.74, 6) is 1.02. The second-order valence-corrected chi connectivity index (χ2v) is 7.02. The van der Waals surface area contributed by atoms with Crippen LogP contribution in [0.5, 0.6) is 5.75 Å². The Morgan fingerprint density at radius 3 is 2.92 bits per heavy atom. The fraction of sp³-hybridized carbons (Fsp3) is 0.350. The molecule has 0 aromatic heterocycles. The lowest BCUT2D eigenvalue weighted by molar-refractivity contribution is -0.118. The van der Waals surface area contributed by atoms with Gasteiger partial charge >= 0.3 is 0 Å². The van der Waals surface area contributed by atoms with Crippen molar-refractivity contribution in [1.29, 1.82) is 0 Å². The topological polar surface area (TPSA) is 29.5 Å². The molecule has 126 valence electrons. The summed E-state index contributed by atoms with van der Waals surface area (Å²) in [6, 6.07) is 14.2. The maximum absolute atomic E-state index is 12.5. The van der Waals surface area contributed by atoms with Crippen LogP contribution >= 0.6 is 15.9 Å². The first-order chi connectivity index (χ1) is 11.6. The van der Waals surface area contributed by atoms with Gasteiger partial charge in [0.15, 0.2) is 0 Å². The minimum Gasteiger partial charge on any atom is -0.492 e. The van der Waals surface area contributed by atoms with Gasteiger partial charge in [-0.3, -0.25) is 4.79 Å². The van der Waals surface area contributed by atoms with E-state index < -0.39 is 0 Å². The smallest absolute Gasteiger partial charge is 0.227 e. The molecule has 1 amide bonds. The first-order valence-corrected chi connectivity index (χ1v) is 9.21. The summed E-state index contributed by atoms with van der Waals surface area (Å²) < 4.78 is 6.74. The lowest BCUT2D eigenvalue weighted by Crippen LogP contribution is -2.35. The zero-order valence-corrected chi connectivity index (χ0v) is 15.5. The van der Waals surface area contributed by atoms with Gasteiger partial charge in [0.05, 0.1) is 11.1 Å².